The van der Waals surface area contributed by atoms with E-state index in [0.717, 1.165) is 5.56 Å². The number of halogens is 1. The minimum Gasteiger partial charge on any atom is -0.493 e. The van der Waals surface area contributed by atoms with Crippen LogP contribution in [-0.2, 0) is 11.3 Å². The Morgan fingerprint density at radius 3 is 2.69 bits per heavy atom. The second-order valence-corrected chi connectivity index (χ2v) is 5.82. The summed E-state index contributed by atoms with van der Waals surface area (Å²) in [5.41, 5.74) is 0.799. The van der Waals surface area contributed by atoms with Gasteiger partial charge in [-0.2, -0.15) is 0 Å². The number of furan rings is 1. The normalized spacial score (nSPS) is 9.88. The van der Waals surface area contributed by atoms with Gasteiger partial charge in [0.1, 0.15) is 6.61 Å². The lowest BCUT2D eigenvalue weighted by Crippen LogP contribution is -2.36. The number of hydrogen-bond acceptors (Lipinski definition) is 5. The fraction of sp³-hybridized carbons (Fsp3) is 0.222. The van der Waals surface area contributed by atoms with Crippen molar-refractivity contribution < 1.29 is 23.5 Å². The molecule has 0 bridgehead atoms. The first-order chi connectivity index (χ1) is 12.5. The van der Waals surface area contributed by atoms with Crippen LogP contribution in [0.25, 0.3) is 0 Å². The molecule has 0 saturated carbocycles. The largest absolute Gasteiger partial charge is 0.493 e. The van der Waals surface area contributed by atoms with Crippen molar-refractivity contribution in [3.05, 3.63) is 46.3 Å². The Balaban J connectivity index is 1.84. The zero-order valence-electron chi connectivity index (χ0n) is 14.0. The third-order valence-corrected chi connectivity index (χ3v) is 3.66. The Labute approximate surface area is 159 Å². The average molecular weight is 421 g/mol. The van der Waals surface area contributed by atoms with E-state index >= 15 is 0 Å². The molecule has 0 unspecified atom stereocenters. The van der Waals surface area contributed by atoms with Crippen LogP contribution in [0, 0.1) is 12.3 Å². The Morgan fingerprint density at radius 2 is 2.04 bits per heavy atom. The van der Waals surface area contributed by atoms with Crippen molar-refractivity contribution in [2.45, 2.75) is 6.54 Å². The topological polar surface area (TPSA) is 89.8 Å². The van der Waals surface area contributed by atoms with Crippen molar-refractivity contribution in [2.75, 3.05) is 20.3 Å². The van der Waals surface area contributed by atoms with Gasteiger partial charge in [-0.3, -0.25) is 9.59 Å². The van der Waals surface area contributed by atoms with Crippen molar-refractivity contribution in [1.29, 1.82) is 0 Å². The molecule has 0 aliphatic carbocycles. The lowest BCUT2D eigenvalue weighted by Gasteiger charge is -2.11. The molecule has 26 heavy (non-hydrogen) atoms. The average Bonchev–Trinajstić information content (AvgIpc) is 3.09. The molecule has 2 N–H and O–H groups in total. The third-order valence-electron chi connectivity index (χ3n) is 3.24. The third kappa shape index (κ3) is 5.57. The van der Waals surface area contributed by atoms with E-state index in [1.807, 2.05) is 0 Å². The molecule has 0 aliphatic rings. The lowest BCUT2D eigenvalue weighted by atomic mass is 10.2. The predicted molar refractivity (Wildman–Crippen MR) is 97.9 cm³/mol. The minimum atomic E-state index is -0.472. The zero-order chi connectivity index (χ0) is 18.9. The number of methoxy groups -OCH3 is 1. The SMILES string of the molecule is C#CCOc1cc(CNC(=O)CNC(=O)c2ccc(Br)o2)ccc1OC. The highest BCUT2D eigenvalue weighted by Gasteiger charge is 2.12. The quantitative estimate of drug-likeness (QED) is 0.638. The lowest BCUT2D eigenvalue weighted by molar-refractivity contribution is -0.120. The van der Waals surface area contributed by atoms with Crippen LogP contribution in [0.4, 0.5) is 0 Å². The number of nitrogens with one attached hydrogen (secondary N) is 2. The first-order valence-electron chi connectivity index (χ1n) is 7.57. The molecule has 1 aromatic carbocycles. The summed E-state index contributed by atoms with van der Waals surface area (Å²) in [6, 6.07) is 8.35. The number of benzene rings is 1. The van der Waals surface area contributed by atoms with E-state index in [2.05, 4.69) is 32.5 Å². The molecule has 1 heterocycles. The fourth-order valence-corrected chi connectivity index (χ4v) is 2.32. The second-order valence-electron chi connectivity index (χ2n) is 5.04. The number of ether oxygens (including phenoxy) is 2. The van der Waals surface area contributed by atoms with Crippen LogP contribution in [0.2, 0.25) is 0 Å². The molecular formula is C18H17BrN2O5. The summed E-state index contributed by atoms with van der Waals surface area (Å²) in [6.07, 6.45) is 5.19. The van der Waals surface area contributed by atoms with Gasteiger partial charge in [0.25, 0.3) is 5.91 Å². The highest BCUT2D eigenvalue weighted by Crippen LogP contribution is 2.27. The molecule has 0 atom stereocenters. The van der Waals surface area contributed by atoms with E-state index in [1.54, 1.807) is 24.3 Å². The van der Waals surface area contributed by atoms with Crippen molar-refractivity contribution in [3.63, 3.8) is 0 Å². The smallest absolute Gasteiger partial charge is 0.287 e. The molecule has 136 valence electrons. The summed E-state index contributed by atoms with van der Waals surface area (Å²) in [6.45, 7) is 0.201. The van der Waals surface area contributed by atoms with Gasteiger partial charge in [-0.1, -0.05) is 12.0 Å². The molecule has 0 saturated heterocycles. The van der Waals surface area contributed by atoms with Gasteiger partial charge in [0.2, 0.25) is 5.91 Å². The summed E-state index contributed by atoms with van der Waals surface area (Å²) >= 11 is 3.11. The number of rotatable bonds is 8. The molecule has 0 radical (unpaired) electrons. The zero-order valence-corrected chi connectivity index (χ0v) is 15.6. The van der Waals surface area contributed by atoms with Crippen LogP contribution in [0.1, 0.15) is 16.1 Å². The van der Waals surface area contributed by atoms with E-state index in [-0.39, 0.29) is 31.4 Å². The number of amides is 2. The molecule has 0 spiro atoms. The highest BCUT2D eigenvalue weighted by molar-refractivity contribution is 9.10. The first kappa shape index (κ1) is 19.4. The van der Waals surface area contributed by atoms with Gasteiger partial charge < -0.3 is 24.5 Å². The van der Waals surface area contributed by atoms with Crippen LogP contribution < -0.4 is 20.1 Å². The number of carbonyl (C=O) groups excluding carboxylic acids is 2. The number of carbonyl (C=O) groups is 2. The van der Waals surface area contributed by atoms with E-state index < -0.39 is 5.91 Å². The van der Waals surface area contributed by atoms with Crippen molar-refractivity contribution in [2.24, 2.45) is 0 Å². The molecule has 2 rings (SSSR count). The molecule has 2 amide bonds. The van der Waals surface area contributed by atoms with E-state index in [4.69, 9.17) is 20.3 Å². The van der Waals surface area contributed by atoms with E-state index in [1.165, 1.54) is 13.2 Å². The van der Waals surface area contributed by atoms with Gasteiger partial charge in [0, 0.05) is 6.54 Å². The summed E-state index contributed by atoms with van der Waals surface area (Å²) in [4.78, 5) is 23.7. The van der Waals surface area contributed by atoms with Crippen molar-refractivity contribution in [1.82, 2.24) is 10.6 Å². The molecule has 7 nitrogen and oxygen atoms in total. The van der Waals surface area contributed by atoms with Gasteiger partial charge >= 0.3 is 0 Å². The Hall–Kier alpha value is -2.92. The summed E-state index contributed by atoms with van der Waals surface area (Å²) < 4.78 is 16.1. The number of hydrogen-bond donors (Lipinski definition) is 2. The summed E-state index contributed by atoms with van der Waals surface area (Å²) in [5, 5.41) is 5.18. The van der Waals surface area contributed by atoms with Crippen LogP contribution in [0.5, 0.6) is 11.5 Å². The monoisotopic (exact) mass is 420 g/mol. The van der Waals surface area contributed by atoms with Gasteiger partial charge in [0.05, 0.1) is 13.7 Å². The van der Waals surface area contributed by atoms with Gasteiger partial charge in [-0.15, -0.1) is 6.42 Å². The molecule has 2 aromatic rings. The van der Waals surface area contributed by atoms with Gasteiger partial charge in [0.15, 0.2) is 21.9 Å². The number of terminal acetylenes is 1. The maximum atomic E-state index is 11.9. The Morgan fingerprint density at radius 1 is 1.23 bits per heavy atom. The predicted octanol–water partition coefficient (Wildman–Crippen LogP) is 2.11. The van der Waals surface area contributed by atoms with E-state index in [0.29, 0.717) is 16.2 Å². The van der Waals surface area contributed by atoms with Crippen LogP contribution in [-0.4, -0.2) is 32.1 Å². The van der Waals surface area contributed by atoms with Crippen LogP contribution >= 0.6 is 15.9 Å². The maximum absolute atomic E-state index is 11.9. The van der Waals surface area contributed by atoms with Crippen molar-refractivity contribution >= 4 is 27.7 Å². The Bertz CT molecular complexity index is 825. The molecule has 0 fully saturated rings. The highest BCUT2D eigenvalue weighted by atomic mass is 79.9. The fourth-order valence-electron chi connectivity index (χ4n) is 2.01. The summed E-state index contributed by atoms with van der Waals surface area (Å²) in [7, 11) is 1.53. The molecule has 1 aromatic heterocycles. The molecular weight excluding hydrogens is 404 g/mol. The van der Waals surface area contributed by atoms with Gasteiger partial charge in [-0.05, 0) is 45.8 Å². The first-order valence-corrected chi connectivity index (χ1v) is 8.36. The van der Waals surface area contributed by atoms with Crippen molar-refractivity contribution in [3.8, 4) is 23.8 Å². The second kappa shape index (κ2) is 9.53. The summed E-state index contributed by atoms with van der Waals surface area (Å²) in [5.74, 6) is 2.73. The van der Waals surface area contributed by atoms with Crippen LogP contribution in [0.3, 0.4) is 0 Å². The Kier molecular flexibility index (Phi) is 7.12. The standard InChI is InChI=1S/C18H17BrN2O5/c1-3-8-25-15-9-12(4-5-13(15)24-2)10-20-17(22)11-21-18(23)14-6-7-16(19)26-14/h1,4-7,9H,8,10-11H2,2H3,(H,20,22)(H,21,23). The maximum Gasteiger partial charge on any atom is 0.287 e. The van der Waals surface area contributed by atoms with E-state index in [9.17, 15) is 9.59 Å². The van der Waals surface area contributed by atoms with Gasteiger partial charge in [-0.25, -0.2) is 0 Å². The molecule has 0 aliphatic heterocycles. The molecule has 8 heteroatoms. The minimum absolute atomic E-state index is 0.112. The van der Waals surface area contributed by atoms with Crippen LogP contribution in [0.15, 0.2) is 39.4 Å².